The van der Waals surface area contributed by atoms with Gasteiger partial charge in [-0.2, -0.15) is 14.4 Å². The number of nitrogens with one attached hydrogen (secondary N) is 2. The van der Waals surface area contributed by atoms with Gasteiger partial charge in [0, 0.05) is 48.6 Å². The molecule has 5 heterocycles. The fraction of sp³-hybridized carbons (Fsp3) is 0.609. The van der Waals surface area contributed by atoms with Gasteiger partial charge in [-0.25, -0.2) is 13.4 Å². The van der Waals surface area contributed by atoms with E-state index in [9.17, 15) is 8.42 Å². The van der Waals surface area contributed by atoms with Crippen molar-refractivity contribution in [2.24, 2.45) is 0 Å². The number of aromatic amines is 1. The van der Waals surface area contributed by atoms with Crippen molar-refractivity contribution in [3.8, 4) is 0 Å². The van der Waals surface area contributed by atoms with Crippen LogP contribution in [0.2, 0.25) is 0 Å². The van der Waals surface area contributed by atoms with Gasteiger partial charge >= 0.3 is 0 Å². The molecule has 3 atom stereocenters. The molecule has 0 radical (unpaired) electrons. The lowest BCUT2D eigenvalue weighted by Crippen LogP contribution is -2.58. The first-order valence-electron chi connectivity index (χ1n) is 12.0. The van der Waals surface area contributed by atoms with Crippen molar-refractivity contribution in [1.29, 1.82) is 0 Å². The molecule has 11 heteroatoms. The lowest BCUT2D eigenvalue weighted by atomic mass is 9.83. The highest BCUT2D eigenvalue weighted by Gasteiger charge is 2.45. The minimum absolute atomic E-state index is 0.0450. The first-order chi connectivity index (χ1) is 16.3. The van der Waals surface area contributed by atoms with Crippen LogP contribution in [-0.4, -0.2) is 77.0 Å². The van der Waals surface area contributed by atoms with Crippen LogP contribution in [0, 0.1) is 6.92 Å². The second kappa shape index (κ2) is 9.27. The van der Waals surface area contributed by atoms with Gasteiger partial charge in [-0.3, -0.25) is 5.10 Å². The molecule has 2 N–H and O–H groups in total. The van der Waals surface area contributed by atoms with E-state index in [1.54, 1.807) is 6.92 Å². The van der Waals surface area contributed by atoms with Crippen LogP contribution < -0.4 is 10.2 Å². The third-order valence-corrected chi connectivity index (χ3v) is 9.11. The van der Waals surface area contributed by atoms with Gasteiger partial charge in [0.1, 0.15) is 5.82 Å². The molecule has 0 aliphatic carbocycles. The molecule has 0 unspecified atom stereocenters. The number of aromatic nitrogens is 4. The van der Waals surface area contributed by atoms with Crippen LogP contribution in [0.15, 0.2) is 18.2 Å². The third-order valence-electron chi connectivity index (χ3n) is 7.14. The SMILES string of the molecule is CCS(=O)(=O)N1[C@@H]2CCC[C@H]1C[C@H](N(C)c1nc(Nc3cc(C)[nH]n3)cc(C3=CCOC3)n1)C2. The van der Waals surface area contributed by atoms with Gasteiger partial charge in [0.25, 0.3) is 0 Å². The maximum absolute atomic E-state index is 12.8. The van der Waals surface area contributed by atoms with Gasteiger partial charge in [-0.1, -0.05) is 12.5 Å². The van der Waals surface area contributed by atoms with E-state index >= 15 is 0 Å². The lowest BCUT2D eigenvalue weighted by Gasteiger charge is -2.49. The molecular weight excluding hydrogens is 454 g/mol. The topological polar surface area (TPSA) is 116 Å². The van der Waals surface area contributed by atoms with Gasteiger partial charge < -0.3 is 15.0 Å². The van der Waals surface area contributed by atoms with Crippen molar-refractivity contribution in [3.05, 3.63) is 29.6 Å². The highest BCUT2D eigenvalue weighted by atomic mass is 32.2. The van der Waals surface area contributed by atoms with E-state index in [-0.39, 0.29) is 23.9 Å². The molecule has 34 heavy (non-hydrogen) atoms. The van der Waals surface area contributed by atoms with Crippen molar-refractivity contribution in [1.82, 2.24) is 24.5 Å². The van der Waals surface area contributed by atoms with Crippen LogP contribution in [-0.2, 0) is 14.8 Å². The number of anilines is 3. The molecule has 3 aliphatic rings. The van der Waals surface area contributed by atoms with Crippen molar-refractivity contribution in [2.45, 2.75) is 64.1 Å². The Morgan fingerprint density at radius 1 is 1.21 bits per heavy atom. The second-order valence-electron chi connectivity index (χ2n) is 9.45. The Bertz CT molecular complexity index is 1160. The maximum Gasteiger partial charge on any atom is 0.227 e. The van der Waals surface area contributed by atoms with Crippen LogP contribution in [0.4, 0.5) is 17.6 Å². The molecule has 0 amide bonds. The fourth-order valence-corrected chi connectivity index (χ4v) is 6.98. The second-order valence-corrected chi connectivity index (χ2v) is 11.6. The van der Waals surface area contributed by atoms with Crippen LogP contribution in [0.1, 0.15) is 50.4 Å². The van der Waals surface area contributed by atoms with E-state index in [0.29, 0.717) is 30.8 Å². The molecule has 3 aliphatic heterocycles. The molecular formula is C23H33N7O3S. The molecule has 184 valence electrons. The number of H-pyrrole nitrogens is 1. The Hall–Kier alpha value is -2.50. The van der Waals surface area contributed by atoms with E-state index in [1.807, 2.05) is 36.5 Å². The van der Waals surface area contributed by atoms with Crippen LogP contribution in [0.5, 0.6) is 0 Å². The summed E-state index contributed by atoms with van der Waals surface area (Å²) in [5.41, 5.74) is 2.83. The number of aryl methyl sites for hydroxylation is 1. The molecule has 2 bridgehead atoms. The molecule has 0 aromatic carbocycles. The molecule has 2 saturated heterocycles. The third kappa shape index (κ3) is 4.56. The first kappa shape index (κ1) is 23.3. The van der Waals surface area contributed by atoms with E-state index in [1.165, 1.54) is 0 Å². The summed E-state index contributed by atoms with van der Waals surface area (Å²) in [6.07, 6.45) is 6.53. The fourth-order valence-electron chi connectivity index (χ4n) is 5.39. The molecule has 0 saturated carbocycles. The average Bonchev–Trinajstić information content (AvgIpc) is 3.49. The highest BCUT2D eigenvalue weighted by molar-refractivity contribution is 7.89. The minimum Gasteiger partial charge on any atom is -0.373 e. The number of rotatable bonds is 7. The molecule has 2 aromatic heterocycles. The van der Waals surface area contributed by atoms with Crippen molar-refractivity contribution in [2.75, 3.05) is 36.2 Å². The molecule has 5 rings (SSSR count). The lowest BCUT2D eigenvalue weighted by molar-refractivity contribution is 0.109. The number of ether oxygens (including phenoxy) is 1. The summed E-state index contributed by atoms with van der Waals surface area (Å²) in [5, 5.41) is 10.5. The summed E-state index contributed by atoms with van der Waals surface area (Å²) < 4.78 is 32.9. The van der Waals surface area contributed by atoms with Gasteiger partial charge in [0.05, 0.1) is 24.7 Å². The van der Waals surface area contributed by atoms with Crippen LogP contribution >= 0.6 is 0 Å². The number of sulfonamides is 1. The molecule has 10 nitrogen and oxygen atoms in total. The zero-order valence-corrected chi connectivity index (χ0v) is 20.8. The summed E-state index contributed by atoms with van der Waals surface area (Å²) in [5.74, 6) is 2.14. The van der Waals surface area contributed by atoms with E-state index < -0.39 is 10.0 Å². The van der Waals surface area contributed by atoms with Crippen molar-refractivity contribution in [3.63, 3.8) is 0 Å². The molecule has 0 spiro atoms. The predicted octanol–water partition coefficient (Wildman–Crippen LogP) is 2.84. The Labute approximate surface area is 200 Å². The summed E-state index contributed by atoms with van der Waals surface area (Å²) in [6.45, 7) is 4.79. The van der Waals surface area contributed by atoms with Crippen molar-refractivity contribution >= 4 is 33.2 Å². The highest BCUT2D eigenvalue weighted by Crippen LogP contribution is 2.38. The standard InChI is InChI=1S/C23H33N7O3S/c1-4-34(31,32)30-17-6-5-7-18(30)12-19(11-17)29(3)23-24-20(16-8-9-33-14-16)13-21(26-23)25-22-10-15(2)27-28-22/h8,10,13,17-19H,4-7,9,11-12,14H2,1-3H3,(H2,24,25,26,27,28)/t17-,18+,19-. The molecule has 2 aromatic rings. The van der Waals surface area contributed by atoms with Crippen LogP contribution in [0.3, 0.4) is 0 Å². The van der Waals surface area contributed by atoms with E-state index in [2.05, 4.69) is 20.4 Å². The maximum atomic E-state index is 12.8. The Kier molecular flexibility index (Phi) is 6.34. The number of nitrogens with zero attached hydrogens (tertiary/aromatic N) is 5. The summed E-state index contributed by atoms with van der Waals surface area (Å²) in [4.78, 5) is 11.8. The van der Waals surface area contributed by atoms with E-state index in [4.69, 9.17) is 14.7 Å². The monoisotopic (exact) mass is 487 g/mol. The minimum atomic E-state index is -3.21. The van der Waals surface area contributed by atoms with Gasteiger partial charge in [0.2, 0.25) is 16.0 Å². The predicted molar refractivity (Wildman–Crippen MR) is 132 cm³/mol. The quantitative estimate of drug-likeness (QED) is 0.612. The number of piperidine rings is 2. The summed E-state index contributed by atoms with van der Waals surface area (Å²) in [6, 6.07) is 4.11. The van der Waals surface area contributed by atoms with Gasteiger partial charge in [-0.05, 0) is 39.5 Å². The van der Waals surface area contributed by atoms with Gasteiger partial charge in [-0.15, -0.1) is 0 Å². The smallest absolute Gasteiger partial charge is 0.227 e. The summed E-state index contributed by atoms with van der Waals surface area (Å²) in [7, 11) is -1.19. The Morgan fingerprint density at radius 3 is 2.59 bits per heavy atom. The molecule has 2 fully saturated rings. The normalized spacial score (nSPS) is 25.3. The zero-order chi connectivity index (χ0) is 23.9. The number of hydrogen-bond donors (Lipinski definition) is 2. The van der Waals surface area contributed by atoms with E-state index in [0.717, 1.165) is 49.1 Å². The number of fused-ring (bicyclic) bond motifs is 2. The first-order valence-corrected chi connectivity index (χ1v) is 13.6. The average molecular weight is 488 g/mol. The number of hydrogen-bond acceptors (Lipinski definition) is 8. The Balaban J connectivity index is 1.43. The van der Waals surface area contributed by atoms with Gasteiger partial charge in [0.15, 0.2) is 5.82 Å². The summed E-state index contributed by atoms with van der Waals surface area (Å²) >= 11 is 0. The Morgan fingerprint density at radius 2 is 1.97 bits per heavy atom. The zero-order valence-electron chi connectivity index (χ0n) is 20.0. The van der Waals surface area contributed by atoms with Crippen molar-refractivity contribution < 1.29 is 13.2 Å². The van der Waals surface area contributed by atoms with Crippen LogP contribution in [0.25, 0.3) is 5.57 Å². The largest absolute Gasteiger partial charge is 0.373 e.